The second kappa shape index (κ2) is 7.83. The van der Waals surface area contributed by atoms with Crippen LogP contribution in [0.1, 0.15) is 21.5 Å². The van der Waals surface area contributed by atoms with Crippen LogP contribution < -0.4 is 5.32 Å². The molecule has 25 heavy (non-hydrogen) atoms. The van der Waals surface area contributed by atoms with Gasteiger partial charge in [0.15, 0.2) is 0 Å². The average molecular weight is 337 g/mol. The number of hydrogen-bond donors (Lipinski definition) is 1. The van der Waals surface area contributed by atoms with Gasteiger partial charge in [0, 0.05) is 38.3 Å². The number of piperazine rings is 1. The molecule has 2 aromatic carbocycles. The number of amides is 3. The maximum Gasteiger partial charge on any atom is 0.317 e. The number of carbonyl (C=O) groups excluding carboxylic acids is 2. The third-order valence-corrected chi connectivity index (χ3v) is 4.44. The Morgan fingerprint density at radius 1 is 0.880 bits per heavy atom. The van der Waals surface area contributed by atoms with Crippen LogP contribution in [0, 0.1) is 6.92 Å². The molecule has 3 amide bonds. The van der Waals surface area contributed by atoms with E-state index in [2.05, 4.69) is 5.32 Å². The number of hydrogen-bond acceptors (Lipinski definition) is 2. The maximum atomic E-state index is 12.5. The standard InChI is InChI=1S/C20H23N3O2/c1-16-7-9-18(10-8-16)19(24)22-11-13-23(14-12-22)20(25)21-15-17-5-3-2-4-6-17/h2-10H,11-15H2,1H3,(H,21,25). The molecule has 0 saturated carbocycles. The van der Waals surface area contributed by atoms with Crippen LogP contribution in [-0.4, -0.2) is 47.9 Å². The third-order valence-electron chi connectivity index (χ3n) is 4.44. The molecule has 0 atom stereocenters. The largest absolute Gasteiger partial charge is 0.335 e. The van der Waals surface area contributed by atoms with Crippen molar-refractivity contribution in [3.05, 3.63) is 71.3 Å². The Morgan fingerprint density at radius 3 is 2.12 bits per heavy atom. The van der Waals surface area contributed by atoms with Crippen molar-refractivity contribution < 1.29 is 9.59 Å². The molecule has 5 nitrogen and oxygen atoms in total. The van der Waals surface area contributed by atoms with Gasteiger partial charge in [0.25, 0.3) is 5.91 Å². The molecule has 0 radical (unpaired) electrons. The Morgan fingerprint density at radius 2 is 1.48 bits per heavy atom. The van der Waals surface area contributed by atoms with Crippen molar-refractivity contribution in [1.29, 1.82) is 0 Å². The first-order valence-electron chi connectivity index (χ1n) is 8.56. The zero-order valence-corrected chi connectivity index (χ0v) is 14.4. The molecular formula is C20H23N3O2. The number of urea groups is 1. The average Bonchev–Trinajstić information content (AvgIpc) is 2.67. The maximum absolute atomic E-state index is 12.5. The minimum atomic E-state index is -0.0775. The molecule has 1 N–H and O–H groups in total. The van der Waals surface area contributed by atoms with E-state index in [0.717, 1.165) is 11.1 Å². The number of benzene rings is 2. The molecule has 1 heterocycles. The smallest absolute Gasteiger partial charge is 0.317 e. The summed E-state index contributed by atoms with van der Waals surface area (Å²) in [5.74, 6) is 0.0318. The Kier molecular flexibility index (Phi) is 5.33. The van der Waals surface area contributed by atoms with Crippen LogP contribution in [-0.2, 0) is 6.54 Å². The Balaban J connectivity index is 1.48. The van der Waals surface area contributed by atoms with Gasteiger partial charge in [0.1, 0.15) is 0 Å². The van der Waals surface area contributed by atoms with Crippen molar-refractivity contribution in [1.82, 2.24) is 15.1 Å². The van der Waals surface area contributed by atoms with E-state index in [4.69, 9.17) is 0 Å². The summed E-state index contributed by atoms with van der Waals surface area (Å²) in [4.78, 5) is 28.3. The van der Waals surface area contributed by atoms with Crippen LogP contribution in [0.2, 0.25) is 0 Å². The molecule has 130 valence electrons. The predicted octanol–water partition coefficient (Wildman–Crippen LogP) is 2.66. The van der Waals surface area contributed by atoms with Gasteiger partial charge in [-0.05, 0) is 24.6 Å². The first kappa shape index (κ1) is 17.0. The van der Waals surface area contributed by atoms with Crippen molar-refractivity contribution in [3.8, 4) is 0 Å². The van der Waals surface area contributed by atoms with E-state index in [0.29, 0.717) is 38.3 Å². The Hall–Kier alpha value is -2.82. The molecule has 3 rings (SSSR count). The highest BCUT2D eigenvalue weighted by molar-refractivity contribution is 5.94. The highest BCUT2D eigenvalue weighted by Gasteiger charge is 2.24. The van der Waals surface area contributed by atoms with E-state index in [1.54, 1.807) is 4.90 Å². The third kappa shape index (κ3) is 4.38. The SMILES string of the molecule is Cc1ccc(C(=O)N2CCN(C(=O)NCc3ccccc3)CC2)cc1. The topological polar surface area (TPSA) is 52.7 Å². The van der Waals surface area contributed by atoms with Gasteiger partial charge in [-0.25, -0.2) is 4.79 Å². The summed E-state index contributed by atoms with van der Waals surface area (Å²) in [5.41, 5.74) is 2.91. The molecular weight excluding hydrogens is 314 g/mol. The van der Waals surface area contributed by atoms with Gasteiger partial charge in [-0.15, -0.1) is 0 Å². The lowest BCUT2D eigenvalue weighted by Crippen LogP contribution is -2.53. The van der Waals surface area contributed by atoms with Gasteiger partial charge in [-0.2, -0.15) is 0 Å². The second-order valence-corrected chi connectivity index (χ2v) is 6.29. The number of carbonyl (C=O) groups is 2. The fraction of sp³-hybridized carbons (Fsp3) is 0.300. The van der Waals surface area contributed by atoms with Crippen molar-refractivity contribution in [3.63, 3.8) is 0 Å². The fourth-order valence-corrected chi connectivity index (χ4v) is 2.88. The summed E-state index contributed by atoms with van der Waals surface area (Å²) in [6.45, 7) is 4.75. The van der Waals surface area contributed by atoms with Gasteiger partial charge < -0.3 is 15.1 Å². The van der Waals surface area contributed by atoms with Crippen molar-refractivity contribution in [2.45, 2.75) is 13.5 Å². The predicted molar refractivity (Wildman–Crippen MR) is 97.3 cm³/mol. The first-order valence-corrected chi connectivity index (χ1v) is 8.56. The summed E-state index contributed by atoms with van der Waals surface area (Å²) in [5, 5.41) is 2.93. The Labute approximate surface area is 148 Å². The lowest BCUT2D eigenvalue weighted by molar-refractivity contribution is 0.0665. The molecule has 1 fully saturated rings. The molecule has 0 aliphatic carbocycles. The molecule has 0 spiro atoms. The van der Waals surface area contributed by atoms with Crippen molar-refractivity contribution >= 4 is 11.9 Å². The number of rotatable bonds is 3. The molecule has 5 heteroatoms. The summed E-state index contributed by atoms with van der Waals surface area (Å²) in [6.07, 6.45) is 0. The van der Waals surface area contributed by atoms with Crippen LogP contribution in [0.15, 0.2) is 54.6 Å². The van der Waals surface area contributed by atoms with Gasteiger partial charge in [0.2, 0.25) is 0 Å². The van der Waals surface area contributed by atoms with E-state index in [-0.39, 0.29) is 11.9 Å². The highest BCUT2D eigenvalue weighted by atomic mass is 16.2. The first-order chi connectivity index (χ1) is 12.1. The number of nitrogens with one attached hydrogen (secondary N) is 1. The minimum absolute atomic E-state index is 0.0318. The quantitative estimate of drug-likeness (QED) is 0.936. The van der Waals surface area contributed by atoms with Gasteiger partial charge in [-0.3, -0.25) is 4.79 Å². The summed E-state index contributed by atoms with van der Waals surface area (Å²) in [7, 11) is 0. The summed E-state index contributed by atoms with van der Waals surface area (Å²) in [6, 6.07) is 17.4. The molecule has 1 saturated heterocycles. The normalized spacial score (nSPS) is 14.3. The minimum Gasteiger partial charge on any atom is -0.335 e. The van der Waals surface area contributed by atoms with Crippen molar-refractivity contribution in [2.75, 3.05) is 26.2 Å². The van der Waals surface area contributed by atoms with Crippen LogP contribution in [0.5, 0.6) is 0 Å². The summed E-state index contributed by atoms with van der Waals surface area (Å²) >= 11 is 0. The highest BCUT2D eigenvalue weighted by Crippen LogP contribution is 2.10. The van der Waals surface area contributed by atoms with Crippen molar-refractivity contribution in [2.24, 2.45) is 0 Å². The molecule has 0 unspecified atom stereocenters. The monoisotopic (exact) mass is 337 g/mol. The van der Waals surface area contributed by atoms with Crippen LogP contribution in [0.4, 0.5) is 4.79 Å². The van der Waals surface area contributed by atoms with Crippen LogP contribution >= 0.6 is 0 Å². The van der Waals surface area contributed by atoms with Gasteiger partial charge in [-0.1, -0.05) is 48.0 Å². The second-order valence-electron chi connectivity index (χ2n) is 6.29. The number of aryl methyl sites for hydroxylation is 1. The van der Waals surface area contributed by atoms with Crippen LogP contribution in [0.25, 0.3) is 0 Å². The molecule has 0 aromatic heterocycles. The zero-order chi connectivity index (χ0) is 17.6. The fourth-order valence-electron chi connectivity index (χ4n) is 2.88. The molecule has 1 aliphatic rings. The van der Waals surface area contributed by atoms with E-state index in [1.165, 1.54) is 0 Å². The van der Waals surface area contributed by atoms with Crippen LogP contribution in [0.3, 0.4) is 0 Å². The number of nitrogens with zero attached hydrogens (tertiary/aromatic N) is 2. The zero-order valence-electron chi connectivity index (χ0n) is 14.4. The molecule has 1 aliphatic heterocycles. The lowest BCUT2D eigenvalue weighted by Gasteiger charge is -2.34. The van der Waals surface area contributed by atoms with E-state index < -0.39 is 0 Å². The van der Waals surface area contributed by atoms with Gasteiger partial charge in [0.05, 0.1) is 0 Å². The van der Waals surface area contributed by atoms with E-state index in [1.807, 2.05) is 66.4 Å². The van der Waals surface area contributed by atoms with E-state index >= 15 is 0 Å². The summed E-state index contributed by atoms with van der Waals surface area (Å²) < 4.78 is 0. The van der Waals surface area contributed by atoms with Gasteiger partial charge >= 0.3 is 6.03 Å². The lowest BCUT2D eigenvalue weighted by atomic mass is 10.1. The Bertz CT molecular complexity index is 720. The molecule has 0 bridgehead atoms. The van der Waals surface area contributed by atoms with E-state index in [9.17, 15) is 9.59 Å². The molecule has 2 aromatic rings.